The summed E-state index contributed by atoms with van der Waals surface area (Å²) in [6, 6.07) is 9.98. The van der Waals surface area contributed by atoms with Gasteiger partial charge >= 0.3 is 0 Å². The minimum atomic E-state index is -0.533. The van der Waals surface area contributed by atoms with Crippen LogP contribution in [0.25, 0.3) is 0 Å². The highest BCUT2D eigenvalue weighted by molar-refractivity contribution is 5.83. The van der Waals surface area contributed by atoms with E-state index in [1.54, 1.807) is 7.11 Å². The zero-order valence-electron chi connectivity index (χ0n) is 11.7. The molecule has 0 saturated carbocycles. The van der Waals surface area contributed by atoms with Gasteiger partial charge in [0.15, 0.2) is 6.10 Å². The monoisotopic (exact) mass is 275 g/mol. The van der Waals surface area contributed by atoms with Crippen molar-refractivity contribution in [2.24, 2.45) is 0 Å². The molecule has 2 saturated heterocycles. The average Bonchev–Trinajstić information content (AvgIpc) is 2.73. The first kappa shape index (κ1) is 13.6. The van der Waals surface area contributed by atoms with Gasteiger partial charge < -0.3 is 14.7 Å². The smallest absolute Gasteiger partial charge is 0.256 e. The first-order valence-corrected chi connectivity index (χ1v) is 7.28. The van der Waals surface area contributed by atoms with E-state index in [4.69, 9.17) is 4.74 Å². The molecule has 3 atom stereocenters. The molecule has 1 aromatic rings. The molecule has 2 aliphatic rings. The summed E-state index contributed by atoms with van der Waals surface area (Å²) < 4.78 is 5.45. The number of methoxy groups -OCH3 is 1. The molecule has 3 unspecified atom stereocenters. The van der Waals surface area contributed by atoms with Crippen molar-refractivity contribution in [1.82, 2.24) is 4.90 Å². The summed E-state index contributed by atoms with van der Waals surface area (Å²) in [6.45, 7) is 0. The van der Waals surface area contributed by atoms with Gasteiger partial charge in [-0.3, -0.25) is 4.79 Å². The van der Waals surface area contributed by atoms with E-state index in [9.17, 15) is 9.90 Å². The highest BCUT2D eigenvalue weighted by atomic mass is 16.5. The summed E-state index contributed by atoms with van der Waals surface area (Å²) in [4.78, 5) is 14.8. The summed E-state index contributed by atoms with van der Waals surface area (Å²) in [5.74, 6) is 0.0399. The number of aliphatic hydroxyl groups excluding tert-OH is 1. The van der Waals surface area contributed by atoms with Gasteiger partial charge in [-0.05, 0) is 31.2 Å². The molecule has 2 aliphatic heterocycles. The quantitative estimate of drug-likeness (QED) is 0.916. The van der Waals surface area contributed by atoms with Gasteiger partial charge in [-0.2, -0.15) is 0 Å². The lowest BCUT2D eigenvalue weighted by atomic mass is 9.98. The van der Waals surface area contributed by atoms with Gasteiger partial charge in [-0.1, -0.05) is 30.3 Å². The minimum Gasteiger partial charge on any atom is -0.393 e. The summed E-state index contributed by atoms with van der Waals surface area (Å²) in [5.41, 5.74) is 0.894. The third-order valence-electron chi connectivity index (χ3n) is 4.53. The number of benzene rings is 1. The van der Waals surface area contributed by atoms with Gasteiger partial charge in [0.2, 0.25) is 0 Å². The topological polar surface area (TPSA) is 49.8 Å². The molecule has 0 aromatic heterocycles. The van der Waals surface area contributed by atoms with E-state index in [1.807, 2.05) is 35.2 Å². The largest absolute Gasteiger partial charge is 0.393 e. The van der Waals surface area contributed by atoms with E-state index in [0.717, 1.165) is 18.4 Å². The Morgan fingerprint density at radius 2 is 1.85 bits per heavy atom. The number of ether oxygens (including phenoxy) is 1. The number of carbonyl (C=O) groups excluding carboxylic acids is 1. The second-order valence-corrected chi connectivity index (χ2v) is 5.78. The summed E-state index contributed by atoms with van der Waals surface area (Å²) in [5, 5.41) is 9.83. The van der Waals surface area contributed by atoms with Crippen LogP contribution in [-0.4, -0.2) is 41.2 Å². The van der Waals surface area contributed by atoms with Crippen molar-refractivity contribution in [1.29, 1.82) is 0 Å². The minimum absolute atomic E-state index is 0.0399. The normalized spacial score (nSPS) is 30.3. The van der Waals surface area contributed by atoms with Gasteiger partial charge in [0.25, 0.3) is 5.91 Å². The number of hydrogen-bond donors (Lipinski definition) is 1. The zero-order valence-corrected chi connectivity index (χ0v) is 11.7. The summed E-state index contributed by atoms with van der Waals surface area (Å²) in [7, 11) is 1.58. The first-order valence-electron chi connectivity index (χ1n) is 7.28. The van der Waals surface area contributed by atoms with Crippen molar-refractivity contribution in [3.05, 3.63) is 35.9 Å². The Bertz CT molecular complexity index is 462. The van der Waals surface area contributed by atoms with Crippen LogP contribution in [0.15, 0.2) is 30.3 Å². The fraction of sp³-hybridized carbons (Fsp3) is 0.562. The van der Waals surface area contributed by atoms with Crippen LogP contribution in [0.1, 0.15) is 37.4 Å². The van der Waals surface area contributed by atoms with Gasteiger partial charge in [0, 0.05) is 19.2 Å². The molecule has 2 heterocycles. The van der Waals surface area contributed by atoms with Gasteiger partial charge in [-0.15, -0.1) is 0 Å². The fourth-order valence-electron chi connectivity index (χ4n) is 3.65. The number of piperidine rings is 1. The molecule has 4 heteroatoms. The van der Waals surface area contributed by atoms with Crippen LogP contribution >= 0.6 is 0 Å². The van der Waals surface area contributed by atoms with E-state index >= 15 is 0 Å². The first-order chi connectivity index (χ1) is 9.70. The highest BCUT2D eigenvalue weighted by Gasteiger charge is 2.44. The molecule has 2 fully saturated rings. The van der Waals surface area contributed by atoms with Crippen molar-refractivity contribution in [3.63, 3.8) is 0 Å². The van der Waals surface area contributed by atoms with E-state index in [-0.39, 0.29) is 24.1 Å². The van der Waals surface area contributed by atoms with Crippen LogP contribution in [0.4, 0.5) is 0 Å². The zero-order chi connectivity index (χ0) is 14.1. The molecule has 0 radical (unpaired) electrons. The van der Waals surface area contributed by atoms with Crippen molar-refractivity contribution < 1.29 is 14.6 Å². The molecule has 1 amide bonds. The molecule has 20 heavy (non-hydrogen) atoms. The number of aliphatic hydroxyl groups is 1. The van der Waals surface area contributed by atoms with E-state index in [0.29, 0.717) is 12.8 Å². The third-order valence-corrected chi connectivity index (χ3v) is 4.53. The molecule has 0 spiro atoms. The van der Waals surface area contributed by atoms with Crippen molar-refractivity contribution in [3.8, 4) is 0 Å². The number of nitrogens with zero attached hydrogens (tertiary/aromatic N) is 1. The molecule has 1 N–H and O–H groups in total. The molecule has 108 valence electrons. The Balaban J connectivity index is 1.81. The lowest BCUT2D eigenvalue weighted by Crippen LogP contribution is -2.49. The van der Waals surface area contributed by atoms with Gasteiger partial charge in [-0.25, -0.2) is 0 Å². The second kappa shape index (κ2) is 5.54. The molecule has 1 aromatic carbocycles. The number of rotatable bonds is 3. The maximum atomic E-state index is 12.8. The number of fused-ring (bicyclic) bond motifs is 2. The molecule has 3 rings (SSSR count). The molecule has 4 nitrogen and oxygen atoms in total. The number of hydrogen-bond acceptors (Lipinski definition) is 3. The fourth-order valence-corrected chi connectivity index (χ4v) is 3.65. The maximum Gasteiger partial charge on any atom is 0.256 e. The Hall–Kier alpha value is -1.39. The predicted molar refractivity (Wildman–Crippen MR) is 75.1 cm³/mol. The maximum absolute atomic E-state index is 12.8. The van der Waals surface area contributed by atoms with E-state index in [1.165, 1.54) is 0 Å². The lowest BCUT2D eigenvalue weighted by molar-refractivity contribution is -0.148. The van der Waals surface area contributed by atoms with Crippen LogP contribution < -0.4 is 0 Å². The Kier molecular flexibility index (Phi) is 3.76. The average molecular weight is 275 g/mol. The number of carbonyl (C=O) groups is 1. The third kappa shape index (κ3) is 2.34. The SMILES string of the molecule is COC(C(=O)N1C2CCC1CC(O)C2)c1ccccc1. The van der Waals surface area contributed by atoms with E-state index < -0.39 is 6.10 Å². The van der Waals surface area contributed by atoms with Crippen LogP contribution in [-0.2, 0) is 9.53 Å². The second-order valence-electron chi connectivity index (χ2n) is 5.78. The number of amides is 1. The summed E-state index contributed by atoms with van der Waals surface area (Å²) >= 11 is 0. The van der Waals surface area contributed by atoms with Crippen LogP contribution in [0.2, 0.25) is 0 Å². The van der Waals surface area contributed by atoms with E-state index in [2.05, 4.69) is 0 Å². The predicted octanol–water partition coefficient (Wildman–Crippen LogP) is 1.89. The standard InChI is InChI=1S/C16H21NO3/c1-20-15(11-5-3-2-4-6-11)16(19)17-12-7-8-13(17)10-14(18)9-12/h2-6,12-15,18H,7-10H2,1H3. The highest BCUT2D eigenvalue weighted by Crippen LogP contribution is 2.38. The Morgan fingerprint density at radius 1 is 1.25 bits per heavy atom. The van der Waals surface area contributed by atoms with Crippen molar-refractivity contribution in [2.75, 3.05) is 7.11 Å². The summed E-state index contributed by atoms with van der Waals surface area (Å²) in [6.07, 6.45) is 2.61. The van der Waals surface area contributed by atoms with Crippen LogP contribution in [0.5, 0.6) is 0 Å². The molecule has 2 bridgehead atoms. The van der Waals surface area contributed by atoms with Gasteiger partial charge in [0.05, 0.1) is 6.10 Å². The Morgan fingerprint density at radius 3 is 2.40 bits per heavy atom. The van der Waals surface area contributed by atoms with Gasteiger partial charge in [0.1, 0.15) is 0 Å². The van der Waals surface area contributed by atoms with Crippen LogP contribution in [0, 0.1) is 0 Å². The Labute approximate surface area is 119 Å². The molecule has 0 aliphatic carbocycles. The lowest BCUT2D eigenvalue weighted by Gasteiger charge is -2.38. The van der Waals surface area contributed by atoms with Crippen LogP contribution in [0.3, 0.4) is 0 Å². The molecular formula is C16H21NO3. The van der Waals surface area contributed by atoms with Crippen molar-refractivity contribution >= 4 is 5.91 Å². The van der Waals surface area contributed by atoms with Crippen molar-refractivity contribution in [2.45, 2.75) is 50.0 Å². The molecular weight excluding hydrogens is 254 g/mol.